The van der Waals surface area contributed by atoms with Crippen molar-refractivity contribution in [2.45, 2.75) is 33.1 Å². The highest BCUT2D eigenvalue weighted by Gasteiger charge is 2.27. The second-order valence-electron chi connectivity index (χ2n) is 5.77. The van der Waals surface area contributed by atoms with Crippen LogP contribution in [0.15, 0.2) is 18.7 Å². The Hall–Kier alpha value is -0.590. The summed E-state index contributed by atoms with van der Waals surface area (Å²) in [5.41, 5.74) is 0.371. The highest BCUT2D eigenvalue weighted by molar-refractivity contribution is 5.76. The van der Waals surface area contributed by atoms with Crippen molar-refractivity contribution in [1.29, 1.82) is 0 Å². The molecule has 18 heavy (non-hydrogen) atoms. The largest absolute Gasteiger partial charge is 1.00 e. The SMILES string of the molecule is C[n+]1ccn(C(=O)N2CCCC(C)(C)CC2)c1.[I-]. The number of halogens is 1. The molecular weight excluding hydrogens is 341 g/mol. The van der Waals surface area contributed by atoms with Crippen LogP contribution in [0, 0.1) is 5.41 Å². The van der Waals surface area contributed by atoms with Crippen molar-refractivity contribution in [2.75, 3.05) is 13.1 Å². The van der Waals surface area contributed by atoms with Gasteiger partial charge in [0.25, 0.3) is 6.33 Å². The van der Waals surface area contributed by atoms with Crippen LogP contribution in [-0.4, -0.2) is 28.6 Å². The molecule has 102 valence electrons. The summed E-state index contributed by atoms with van der Waals surface area (Å²) in [5.74, 6) is 0. The minimum Gasteiger partial charge on any atom is -1.00 e. The highest BCUT2D eigenvalue weighted by Crippen LogP contribution is 2.29. The topological polar surface area (TPSA) is 29.1 Å². The number of likely N-dealkylation sites (tertiary alicyclic amines) is 1. The first-order chi connectivity index (χ1) is 7.98. The Labute approximate surface area is 126 Å². The van der Waals surface area contributed by atoms with Crippen molar-refractivity contribution in [3.05, 3.63) is 18.7 Å². The van der Waals surface area contributed by atoms with Gasteiger partial charge in [0.2, 0.25) is 0 Å². The van der Waals surface area contributed by atoms with Gasteiger partial charge in [-0.1, -0.05) is 13.8 Å². The number of aryl methyl sites for hydroxylation is 1. The van der Waals surface area contributed by atoms with Gasteiger partial charge < -0.3 is 28.9 Å². The van der Waals surface area contributed by atoms with Crippen LogP contribution in [0.1, 0.15) is 33.1 Å². The van der Waals surface area contributed by atoms with E-state index in [-0.39, 0.29) is 30.0 Å². The molecule has 0 aromatic carbocycles. The highest BCUT2D eigenvalue weighted by atomic mass is 127. The predicted molar refractivity (Wildman–Crippen MR) is 65.6 cm³/mol. The lowest BCUT2D eigenvalue weighted by molar-refractivity contribution is -0.670. The van der Waals surface area contributed by atoms with E-state index < -0.39 is 0 Å². The van der Waals surface area contributed by atoms with Gasteiger partial charge in [0.15, 0.2) is 0 Å². The van der Waals surface area contributed by atoms with Gasteiger partial charge in [0, 0.05) is 13.1 Å². The van der Waals surface area contributed by atoms with Crippen molar-refractivity contribution in [3.63, 3.8) is 0 Å². The lowest BCUT2D eigenvalue weighted by atomic mass is 9.85. The third kappa shape index (κ3) is 3.70. The van der Waals surface area contributed by atoms with Gasteiger partial charge >= 0.3 is 6.03 Å². The number of aromatic nitrogens is 2. The fourth-order valence-electron chi connectivity index (χ4n) is 2.34. The number of carbonyl (C=O) groups excluding carboxylic acids is 1. The van der Waals surface area contributed by atoms with E-state index in [2.05, 4.69) is 13.8 Å². The molecule has 5 heteroatoms. The Morgan fingerprint density at radius 1 is 1.28 bits per heavy atom. The molecule has 0 radical (unpaired) electrons. The summed E-state index contributed by atoms with van der Waals surface area (Å²) in [4.78, 5) is 14.2. The number of amides is 1. The Kier molecular flexibility index (Phi) is 5.19. The Balaban J connectivity index is 0.00000162. The van der Waals surface area contributed by atoms with E-state index in [1.54, 1.807) is 4.57 Å². The van der Waals surface area contributed by atoms with E-state index in [0.717, 1.165) is 25.9 Å². The number of rotatable bonds is 0. The predicted octanol–water partition coefficient (Wildman–Crippen LogP) is -1.20. The third-order valence-corrected chi connectivity index (χ3v) is 3.60. The molecular formula is C13H22IN3O. The Morgan fingerprint density at radius 2 is 2.00 bits per heavy atom. The van der Waals surface area contributed by atoms with Crippen LogP contribution in [-0.2, 0) is 7.05 Å². The maximum atomic E-state index is 12.3. The fourth-order valence-corrected chi connectivity index (χ4v) is 2.34. The van der Waals surface area contributed by atoms with E-state index >= 15 is 0 Å². The van der Waals surface area contributed by atoms with Crippen molar-refractivity contribution >= 4 is 6.03 Å². The lowest BCUT2D eigenvalue weighted by Crippen LogP contribution is -3.00. The maximum absolute atomic E-state index is 12.3. The quantitative estimate of drug-likeness (QED) is 0.421. The monoisotopic (exact) mass is 363 g/mol. The molecule has 0 N–H and O–H groups in total. The van der Waals surface area contributed by atoms with E-state index in [4.69, 9.17) is 0 Å². The second kappa shape index (κ2) is 6.04. The first-order valence-corrected chi connectivity index (χ1v) is 6.30. The molecule has 1 saturated heterocycles. The molecule has 0 spiro atoms. The summed E-state index contributed by atoms with van der Waals surface area (Å²) in [6, 6.07) is 0.100. The van der Waals surface area contributed by atoms with Gasteiger partial charge in [-0.2, -0.15) is 4.57 Å². The summed E-state index contributed by atoms with van der Waals surface area (Å²) < 4.78 is 3.55. The zero-order chi connectivity index (χ0) is 12.5. The Bertz CT molecular complexity index is 414. The number of nitrogens with zero attached hydrogens (tertiary/aromatic N) is 3. The summed E-state index contributed by atoms with van der Waals surface area (Å²) in [6.45, 7) is 6.32. The molecule has 2 rings (SSSR count). The summed E-state index contributed by atoms with van der Waals surface area (Å²) in [6.07, 6.45) is 8.92. The second-order valence-corrected chi connectivity index (χ2v) is 5.77. The smallest absolute Gasteiger partial charge is 0.415 e. The number of hydrogen-bond acceptors (Lipinski definition) is 1. The minimum absolute atomic E-state index is 0. The van der Waals surface area contributed by atoms with E-state index in [9.17, 15) is 4.79 Å². The van der Waals surface area contributed by atoms with Crippen LogP contribution in [0.4, 0.5) is 4.79 Å². The van der Waals surface area contributed by atoms with Crippen LogP contribution in [0.2, 0.25) is 0 Å². The molecule has 0 unspecified atom stereocenters. The average Bonchev–Trinajstić information content (AvgIpc) is 2.60. The van der Waals surface area contributed by atoms with E-state index in [1.165, 1.54) is 6.42 Å². The minimum atomic E-state index is 0. The molecule has 0 bridgehead atoms. The molecule has 0 aliphatic carbocycles. The molecule has 1 aromatic heterocycles. The van der Waals surface area contributed by atoms with Crippen LogP contribution in [0.25, 0.3) is 0 Å². The van der Waals surface area contributed by atoms with Gasteiger partial charge in [-0.15, -0.1) is 0 Å². The maximum Gasteiger partial charge on any atom is 0.415 e. The van der Waals surface area contributed by atoms with Crippen LogP contribution >= 0.6 is 0 Å². The van der Waals surface area contributed by atoms with E-state index in [0.29, 0.717) is 5.41 Å². The molecule has 0 atom stereocenters. The standard InChI is InChI=1S/C13H22N3O.HI/c1-13(2)5-4-7-15(8-6-13)12(17)16-10-9-14(3)11-16;/h9-11H,4-8H2,1-3H3;1H/q+1;/p-1. The molecule has 0 saturated carbocycles. The number of imidazole rings is 1. The first kappa shape index (κ1) is 15.5. The van der Waals surface area contributed by atoms with Crippen molar-refractivity contribution in [2.24, 2.45) is 12.5 Å². The van der Waals surface area contributed by atoms with Crippen molar-refractivity contribution < 1.29 is 33.3 Å². The van der Waals surface area contributed by atoms with Crippen molar-refractivity contribution in [3.8, 4) is 0 Å². The number of hydrogen-bond donors (Lipinski definition) is 0. The fraction of sp³-hybridized carbons (Fsp3) is 0.692. The molecule has 4 nitrogen and oxygen atoms in total. The van der Waals surface area contributed by atoms with Gasteiger partial charge in [-0.05, 0) is 24.7 Å². The van der Waals surface area contributed by atoms with Gasteiger partial charge in [0.1, 0.15) is 12.4 Å². The summed E-state index contributed by atoms with van der Waals surface area (Å²) in [5, 5.41) is 0. The van der Waals surface area contributed by atoms with Gasteiger partial charge in [-0.25, -0.2) is 9.36 Å². The van der Waals surface area contributed by atoms with Gasteiger partial charge in [0.05, 0.1) is 7.05 Å². The summed E-state index contributed by atoms with van der Waals surface area (Å²) in [7, 11) is 1.93. The van der Waals surface area contributed by atoms with Crippen LogP contribution in [0.3, 0.4) is 0 Å². The normalized spacial score (nSPS) is 18.9. The summed E-state index contributed by atoms with van der Waals surface area (Å²) >= 11 is 0. The van der Waals surface area contributed by atoms with Crippen LogP contribution < -0.4 is 28.5 Å². The number of carbonyl (C=O) groups is 1. The zero-order valence-corrected chi connectivity index (χ0v) is 13.6. The Morgan fingerprint density at radius 3 is 2.61 bits per heavy atom. The molecule has 2 heterocycles. The van der Waals surface area contributed by atoms with Gasteiger partial charge in [-0.3, -0.25) is 0 Å². The van der Waals surface area contributed by atoms with E-state index in [1.807, 2.05) is 35.2 Å². The lowest BCUT2D eigenvalue weighted by Gasteiger charge is -2.22. The third-order valence-electron chi connectivity index (χ3n) is 3.60. The average molecular weight is 363 g/mol. The first-order valence-electron chi connectivity index (χ1n) is 6.30. The molecule has 1 aromatic rings. The molecule has 1 fully saturated rings. The molecule has 1 aliphatic rings. The molecule has 1 aliphatic heterocycles. The zero-order valence-electron chi connectivity index (χ0n) is 11.4. The van der Waals surface area contributed by atoms with Crippen LogP contribution in [0.5, 0.6) is 0 Å². The molecule has 1 amide bonds. The van der Waals surface area contributed by atoms with Crippen molar-refractivity contribution in [1.82, 2.24) is 9.47 Å².